The number of para-hydroxylation sites is 2. The molecule has 6 aromatic carbocycles. The van der Waals surface area contributed by atoms with Gasteiger partial charge in [0.05, 0.1) is 11.0 Å². The highest BCUT2D eigenvalue weighted by molar-refractivity contribution is 6.22. The Morgan fingerprint density at radius 2 is 1.25 bits per heavy atom. The van der Waals surface area contributed by atoms with E-state index in [1.165, 1.54) is 93.9 Å². The lowest BCUT2D eigenvalue weighted by atomic mass is 9.72. The summed E-state index contributed by atoms with van der Waals surface area (Å²) in [6.07, 6.45) is 11.7. The molecule has 0 saturated carbocycles. The standard InChI is InChI=1S/C49H33NO/c1-49(2)39-26-27-42-45(46(39)47-40(49)25-24-37-33-12-6-8-17-43(33)51-48(37)47)38-13-5-7-16-41(38)50(42)29-20-18-28(19-21-29)30-22-23-36-32-11-4-3-10-31(32)35-15-9-14-34(30)44(35)36/h3-27,34,44H,1-2H3. The molecule has 0 spiro atoms. The minimum absolute atomic E-state index is 0.151. The molecule has 2 unspecified atom stereocenters. The second kappa shape index (κ2) is 9.56. The van der Waals surface area contributed by atoms with Crippen molar-refractivity contribution in [3.05, 3.63) is 180 Å². The summed E-state index contributed by atoms with van der Waals surface area (Å²) in [6.45, 7) is 4.72. The van der Waals surface area contributed by atoms with E-state index in [4.69, 9.17) is 4.42 Å². The Morgan fingerprint density at radius 3 is 2.10 bits per heavy atom. The van der Waals surface area contributed by atoms with Crippen LogP contribution in [0.5, 0.6) is 0 Å². The molecule has 0 fully saturated rings. The summed E-state index contributed by atoms with van der Waals surface area (Å²) < 4.78 is 9.18. The zero-order valence-corrected chi connectivity index (χ0v) is 28.4. The molecule has 0 amide bonds. The van der Waals surface area contributed by atoms with Gasteiger partial charge < -0.3 is 8.98 Å². The SMILES string of the molecule is CC1(C)c2ccc3c(oc4ccccc43)c2-c2c1ccc1c2c2ccccc2n1-c1ccc(C2=CC=C3c4ccccc4C4=CC=CC2C43)cc1. The molecule has 2 aromatic heterocycles. The highest BCUT2D eigenvalue weighted by Crippen LogP contribution is 2.57. The molecule has 2 heterocycles. The number of rotatable bonds is 2. The van der Waals surface area contributed by atoms with Gasteiger partial charge in [0.25, 0.3) is 0 Å². The van der Waals surface area contributed by atoms with Crippen LogP contribution in [0.3, 0.4) is 0 Å². The van der Waals surface area contributed by atoms with Gasteiger partial charge in [0.1, 0.15) is 11.2 Å². The Morgan fingerprint density at radius 1 is 0.569 bits per heavy atom. The van der Waals surface area contributed by atoms with Gasteiger partial charge >= 0.3 is 0 Å². The number of hydrogen-bond donors (Lipinski definition) is 0. The van der Waals surface area contributed by atoms with E-state index < -0.39 is 0 Å². The predicted octanol–water partition coefficient (Wildman–Crippen LogP) is 12.7. The fraction of sp³-hybridized carbons (Fsp3) is 0.102. The topological polar surface area (TPSA) is 18.1 Å². The van der Waals surface area contributed by atoms with Gasteiger partial charge in [-0.25, -0.2) is 0 Å². The fourth-order valence-corrected chi connectivity index (χ4v) is 10.1. The predicted molar refractivity (Wildman–Crippen MR) is 212 cm³/mol. The first kappa shape index (κ1) is 27.7. The van der Waals surface area contributed by atoms with Crippen LogP contribution in [0.15, 0.2) is 156 Å². The molecular weight excluding hydrogens is 619 g/mol. The third-order valence-electron chi connectivity index (χ3n) is 12.4. The fourth-order valence-electron chi connectivity index (χ4n) is 10.1. The Kier molecular flexibility index (Phi) is 5.19. The van der Waals surface area contributed by atoms with E-state index in [1.54, 1.807) is 0 Å². The molecule has 2 atom stereocenters. The summed E-state index contributed by atoms with van der Waals surface area (Å²) in [4.78, 5) is 0. The maximum absolute atomic E-state index is 6.72. The average molecular weight is 652 g/mol. The number of fused-ring (bicyclic) bond motifs is 14. The van der Waals surface area contributed by atoms with Crippen LogP contribution in [0.25, 0.3) is 77.3 Å². The van der Waals surface area contributed by atoms with Crippen molar-refractivity contribution in [2.75, 3.05) is 0 Å². The third-order valence-corrected chi connectivity index (χ3v) is 12.4. The number of benzene rings is 6. The van der Waals surface area contributed by atoms with Crippen LogP contribution >= 0.6 is 0 Å². The number of nitrogens with zero attached hydrogens (tertiary/aromatic N) is 1. The first-order valence-electron chi connectivity index (χ1n) is 18.1. The van der Waals surface area contributed by atoms with Gasteiger partial charge in [-0.15, -0.1) is 0 Å². The van der Waals surface area contributed by atoms with Crippen LogP contribution in [0.1, 0.15) is 41.7 Å². The number of hydrogen-bond acceptors (Lipinski definition) is 1. The molecule has 0 bridgehead atoms. The van der Waals surface area contributed by atoms with Crippen molar-refractivity contribution >= 4 is 60.5 Å². The zero-order valence-electron chi connectivity index (χ0n) is 28.4. The van der Waals surface area contributed by atoms with E-state index in [-0.39, 0.29) is 5.41 Å². The van der Waals surface area contributed by atoms with Gasteiger partial charge in [0.2, 0.25) is 0 Å². The molecule has 0 N–H and O–H groups in total. The molecule has 0 aliphatic heterocycles. The first-order valence-corrected chi connectivity index (χ1v) is 18.1. The number of allylic oxidation sites excluding steroid dienone is 8. The van der Waals surface area contributed by atoms with Gasteiger partial charge in [-0.1, -0.05) is 135 Å². The van der Waals surface area contributed by atoms with E-state index in [2.05, 4.69) is 170 Å². The Hall–Kier alpha value is -6.12. The zero-order chi connectivity index (χ0) is 33.6. The summed E-state index contributed by atoms with van der Waals surface area (Å²) in [5, 5.41) is 4.92. The second-order valence-electron chi connectivity index (χ2n) is 15.2. The summed E-state index contributed by atoms with van der Waals surface area (Å²) in [5.41, 5.74) is 19.0. The lowest BCUT2D eigenvalue weighted by Gasteiger charge is -2.31. The van der Waals surface area contributed by atoms with E-state index >= 15 is 0 Å². The second-order valence-corrected chi connectivity index (χ2v) is 15.2. The highest BCUT2D eigenvalue weighted by Gasteiger charge is 2.41. The van der Waals surface area contributed by atoms with Gasteiger partial charge in [-0.05, 0) is 80.4 Å². The molecule has 0 saturated heterocycles. The first-order chi connectivity index (χ1) is 25.1. The largest absolute Gasteiger partial charge is 0.455 e. The summed E-state index contributed by atoms with van der Waals surface area (Å²) in [6, 6.07) is 44.8. The van der Waals surface area contributed by atoms with E-state index in [9.17, 15) is 0 Å². The lowest BCUT2D eigenvalue weighted by Crippen LogP contribution is -2.18. The quantitative estimate of drug-likeness (QED) is 0.182. The van der Waals surface area contributed by atoms with Crippen LogP contribution in [-0.2, 0) is 5.41 Å². The Bertz CT molecular complexity index is 2990. The maximum Gasteiger partial charge on any atom is 0.143 e. The molecule has 51 heavy (non-hydrogen) atoms. The molecular formula is C49H33NO. The number of aromatic nitrogens is 1. The van der Waals surface area contributed by atoms with Crippen molar-refractivity contribution in [2.45, 2.75) is 19.3 Å². The molecule has 4 aliphatic rings. The minimum atomic E-state index is -0.151. The normalized spacial score (nSPS) is 19.2. The van der Waals surface area contributed by atoms with E-state index in [0.717, 1.165) is 11.2 Å². The van der Waals surface area contributed by atoms with Gasteiger partial charge in [-0.3, -0.25) is 0 Å². The lowest BCUT2D eigenvalue weighted by molar-refractivity contribution is 0.653. The molecule has 8 aromatic rings. The van der Waals surface area contributed by atoms with Gasteiger partial charge in [0, 0.05) is 50.0 Å². The molecule has 12 rings (SSSR count). The van der Waals surface area contributed by atoms with Crippen molar-refractivity contribution in [1.82, 2.24) is 4.57 Å². The smallest absolute Gasteiger partial charge is 0.143 e. The number of furan rings is 1. The van der Waals surface area contributed by atoms with Crippen LogP contribution in [0.2, 0.25) is 0 Å². The Balaban J connectivity index is 1.04. The minimum Gasteiger partial charge on any atom is -0.455 e. The van der Waals surface area contributed by atoms with Crippen LogP contribution in [-0.4, -0.2) is 4.57 Å². The highest BCUT2D eigenvalue weighted by atomic mass is 16.3. The molecule has 2 heteroatoms. The van der Waals surface area contributed by atoms with Crippen LogP contribution < -0.4 is 0 Å². The van der Waals surface area contributed by atoms with Crippen molar-refractivity contribution in [2.24, 2.45) is 11.8 Å². The molecule has 4 aliphatic carbocycles. The Labute approximate surface area is 296 Å². The molecule has 0 radical (unpaired) electrons. The summed E-state index contributed by atoms with van der Waals surface area (Å²) >= 11 is 0. The van der Waals surface area contributed by atoms with Crippen LogP contribution in [0, 0.1) is 11.8 Å². The van der Waals surface area contributed by atoms with Gasteiger partial charge in [-0.2, -0.15) is 0 Å². The van der Waals surface area contributed by atoms with E-state index in [0.29, 0.717) is 11.8 Å². The third kappa shape index (κ3) is 3.43. The van der Waals surface area contributed by atoms with Crippen molar-refractivity contribution in [3.63, 3.8) is 0 Å². The van der Waals surface area contributed by atoms with Crippen molar-refractivity contribution in [3.8, 4) is 16.8 Å². The monoisotopic (exact) mass is 651 g/mol. The average Bonchev–Trinajstić information content (AvgIpc) is 3.88. The van der Waals surface area contributed by atoms with Crippen molar-refractivity contribution < 1.29 is 4.42 Å². The molecule has 240 valence electrons. The molecule has 2 nitrogen and oxygen atoms in total. The van der Waals surface area contributed by atoms with Crippen molar-refractivity contribution in [1.29, 1.82) is 0 Å². The summed E-state index contributed by atoms with van der Waals surface area (Å²) in [7, 11) is 0. The summed E-state index contributed by atoms with van der Waals surface area (Å²) in [5.74, 6) is 0.717. The maximum atomic E-state index is 6.72. The van der Waals surface area contributed by atoms with E-state index in [1.807, 2.05) is 0 Å². The van der Waals surface area contributed by atoms with Gasteiger partial charge in [0.15, 0.2) is 0 Å². The van der Waals surface area contributed by atoms with Crippen LogP contribution in [0.4, 0.5) is 0 Å².